The summed E-state index contributed by atoms with van der Waals surface area (Å²) in [6.45, 7) is 4.39. The van der Waals surface area contributed by atoms with Gasteiger partial charge in [-0.2, -0.15) is 23.5 Å². The molecule has 0 saturated heterocycles. The summed E-state index contributed by atoms with van der Waals surface area (Å²) < 4.78 is 0. The largest absolute Gasteiger partial charge is 0.162 e. The van der Waals surface area contributed by atoms with E-state index in [9.17, 15) is 0 Å². The van der Waals surface area contributed by atoms with Crippen molar-refractivity contribution in [3.63, 3.8) is 0 Å². The molecular formula is C7H15S2. The molecule has 0 fully saturated rings. The maximum Gasteiger partial charge on any atom is 0.0174 e. The van der Waals surface area contributed by atoms with Crippen LogP contribution in [-0.2, 0) is 0 Å². The maximum absolute atomic E-state index is 2.31. The third-order valence-electron chi connectivity index (χ3n) is 0.869. The molecule has 0 aromatic rings. The maximum atomic E-state index is 2.31. The van der Waals surface area contributed by atoms with Crippen LogP contribution < -0.4 is 0 Å². The summed E-state index contributed by atoms with van der Waals surface area (Å²) in [5.74, 6) is 6.08. The first-order valence-corrected chi connectivity index (χ1v) is 5.63. The fourth-order valence-electron chi connectivity index (χ4n) is 0.477. The van der Waals surface area contributed by atoms with Crippen LogP contribution in [0.25, 0.3) is 0 Å². The third kappa shape index (κ3) is 8.70. The Labute approximate surface area is 67.2 Å². The van der Waals surface area contributed by atoms with Crippen LogP contribution >= 0.6 is 23.5 Å². The number of hydrogen-bond acceptors (Lipinski definition) is 2. The van der Waals surface area contributed by atoms with Gasteiger partial charge in [0.05, 0.1) is 0 Å². The second kappa shape index (κ2) is 8.70. The molecule has 0 aromatic heterocycles. The molecule has 0 unspecified atom stereocenters. The molecule has 1 radical (unpaired) electrons. The van der Waals surface area contributed by atoms with Crippen molar-refractivity contribution in [3.05, 3.63) is 5.75 Å². The van der Waals surface area contributed by atoms with Gasteiger partial charge in [-0.15, -0.1) is 0 Å². The Morgan fingerprint density at radius 1 is 1.22 bits per heavy atom. The Morgan fingerprint density at radius 3 is 2.56 bits per heavy atom. The molecule has 0 aliphatic heterocycles. The van der Waals surface area contributed by atoms with Crippen LogP contribution in [0.1, 0.15) is 20.3 Å². The SMILES string of the molecule is CCS[CH]CCSCC. The van der Waals surface area contributed by atoms with E-state index in [0.29, 0.717) is 0 Å². The van der Waals surface area contributed by atoms with Crippen molar-refractivity contribution in [3.8, 4) is 0 Å². The van der Waals surface area contributed by atoms with Gasteiger partial charge in [0.15, 0.2) is 0 Å². The molecule has 0 amide bonds. The van der Waals surface area contributed by atoms with E-state index >= 15 is 0 Å². The van der Waals surface area contributed by atoms with Crippen LogP contribution in [0.2, 0.25) is 0 Å². The Balaban J connectivity index is 2.60. The molecule has 2 heteroatoms. The monoisotopic (exact) mass is 163 g/mol. The van der Waals surface area contributed by atoms with Gasteiger partial charge < -0.3 is 0 Å². The van der Waals surface area contributed by atoms with Crippen molar-refractivity contribution in [2.24, 2.45) is 0 Å². The van der Waals surface area contributed by atoms with E-state index in [1.54, 1.807) is 0 Å². The zero-order chi connectivity index (χ0) is 6.95. The molecule has 0 aliphatic rings. The van der Waals surface area contributed by atoms with Crippen LogP contribution in [0.4, 0.5) is 0 Å². The minimum atomic E-state index is 1.22. The Morgan fingerprint density at radius 2 is 2.00 bits per heavy atom. The second-order valence-corrected chi connectivity index (χ2v) is 4.25. The topological polar surface area (TPSA) is 0 Å². The molecule has 0 nitrogen and oxygen atoms in total. The lowest BCUT2D eigenvalue weighted by Crippen LogP contribution is -1.78. The number of hydrogen-bond donors (Lipinski definition) is 0. The van der Waals surface area contributed by atoms with Crippen molar-refractivity contribution in [1.82, 2.24) is 0 Å². The standard InChI is InChI=1S/C7H15S2/c1-3-8-6-5-7-9-4-2/h6H,3-5,7H2,1-2H3. The van der Waals surface area contributed by atoms with E-state index in [1.807, 2.05) is 23.5 Å². The molecule has 0 heterocycles. The highest BCUT2D eigenvalue weighted by Gasteiger charge is 1.86. The molecule has 0 spiro atoms. The zero-order valence-electron chi connectivity index (χ0n) is 6.22. The van der Waals surface area contributed by atoms with Crippen molar-refractivity contribution in [2.45, 2.75) is 20.3 Å². The van der Waals surface area contributed by atoms with Crippen LogP contribution in [0.15, 0.2) is 0 Å². The highest BCUT2D eigenvalue weighted by atomic mass is 32.2. The highest BCUT2D eigenvalue weighted by molar-refractivity contribution is 8.01. The zero-order valence-corrected chi connectivity index (χ0v) is 7.86. The minimum Gasteiger partial charge on any atom is -0.162 e. The summed E-state index contributed by atoms with van der Waals surface area (Å²) in [6.07, 6.45) is 1.26. The molecule has 55 valence electrons. The molecule has 0 saturated carbocycles. The third-order valence-corrected chi connectivity index (χ3v) is 2.61. The van der Waals surface area contributed by atoms with E-state index in [0.717, 1.165) is 0 Å². The van der Waals surface area contributed by atoms with Gasteiger partial charge in [-0.3, -0.25) is 0 Å². The van der Waals surface area contributed by atoms with Gasteiger partial charge >= 0.3 is 0 Å². The molecule has 0 atom stereocenters. The van der Waals surface area contributed by atoms with E-state index < -0.39 is 0 Å². The second-order valence-electron chi connectivity index (χ2n) is 1.61. The molecular weight excluding hydrogens is 148 g/mol. The molecule has 0 bridgehead atoms. The van der Waals surface area contributed by atoms with Gasteiger partial charge in [0, 0.05) is 5.75 Å². The summed E-state index contributed by atoms with van der Waals surface area (Å²) in [6, 6.07) is 0. The Bertz CT molecular complexity index is 40.2. The first-order valence-electron chi connectivity index (χ1n) is 3.42. The van der Waals surface area contributed by atoms with Crippen molar-refractivity contribution in [1.29, 1.82) is 0 Å². The lowest BCUT2D eigenvalue weighted by Gasteiger charge is -1.95. The van der Waals surface area contributed by atoms with Gasteiger partial charge in [-0.1, -0.05) is 13.8 Å². The van der Waals surface area contributed by atoms with Gasteiger partial charge in [-0.05, 0) is 23.7 Å². The fourth-order valence-corrected chi connectivity index (χ4v) is 1.72. The normalized spacial score (nSPS) is 10.0. The van der Waals surface area contributed by atoms with Crippen LogP contribution in [0.3, 0.4) is 0 Å². The summed E-state index contributed by atoms with van der Waals surface area (Å²) in [4.78, 5) is 0. The van der Waals surface area contributed by atoms with E-state index in [-0.39, 0.29) is 0 Å². The summed E-state index contributed by atoms with van der Waals surface area (Å²) in [7, 11) is 0. The summed E-state index contributed by atoms with van der Waals surface area (Å²) in [5.41, 5.74) is 0. The molecule has 0 N–H and O–H groups in total. The van der Waals surface area contributed by atoms with Crippen molar-refractivity contribution < 1.29 is 0 Å². The van der Waals surface area contributed by atoms with Crippen molar-refractivity contribution in [2.75, 3.05) is 17.3 Å². The Hall–Kier alpha value is 0.700. The summed E-state index contributed by atoms with van der Waals surface area (Å²) in [5, 5.41) is 0. The number of thioether (sulfide) groups is 2. The number of rotatable bonds is 6. The van der Waals surface area contributed by atoms with Gasteiger partial charge in [-0.25, -0.2) is 0 Å². The van der Waals surface area contributed by atoms with Crippen LogP contribution in [-0.4, -0.2) is 17.3 Å². The molecule has 0 aliphatic carbocycles. The Kier molecular flexibility index (Phi) is 9.38. The van der Waals surface area contributed by atoms with Gasteiger partial charge in [0.2, 0.25) is 0 Å². The predicted octanol–water partition coefficient (Wildman–Crippen LogP) is 3.04. The lowest BCUT2D eigenvalue weighted by molar-refractivity contribution is 1.21. The molecule has 0 rings (SSSR count). The minimum absolute atomic E-state index is 1.22. The molecule has 9 heavy (non-hydrogen) atoms. The highest BCUT2D eigenvalue weighted by Crippen LogP contribution is 2.10. The average molecular weight is 163 g/mol. The van der Waals surface area contributed by atoms with Gasteiger partial charge in [0.1, 0.15) is 0 Å². The van der Waals surface area contributed by atoms with Crippen LogP contribution in [0.5, 0.6) is 0 Å². The van der Waals surface area contributed by atoms with E-state index in [2.05, 4.69) is 19.6 Å². The fraction of sp³-hybridized carbons (Fsp3) is 0.857. The molecule has 0 aromatic carbocycles. The average Bonchev–Trinajstić information content (AvgIpc) is 1.89. The van der Waals surface area contributed by atoms with Crippen molar-refractivity contribution >= 4 is 23.5 Å². The van der Waals surface area contributed by atoms with Crippen LogP contribution in [0, 0.1) is 5.75 Å². The summed E-state index contributed by atoms with van der Waals surface area (Å²) >= 11 is 3.93. The first kappa shape index (κ1) is 9.70. The lowest BCUT2D eigenvalue weighted by atomic mass is 10.6. The van der Waals surface area contributed by atoms with E-state index in [4.69, 9.17) is 0 Å². The van der Waals surface area contributed by atoms with Gasteiger partial charge in [0.25, 0.3) is 0 Å². The quantitative estimate of drug-likeness (QED) is 0.552. The smallest absolute Gasteiger partial charge is 0.0174 e. The van der Waals surface area contributed by atoms with E-state index in [1.165, 1.54) is 23.7 Å². The first-order chi connectivity index (χ1) is 4.41. The predicted molar refractivity (Wildman–Crippen MR) is 50.0 cm³/mol.